The Hall–Kier alpha value is -0.570. The van der Waals surface area contributed by atoms with E-state index in [1.54, 1.807) is 12.4 Å². The summed E-state index contributed by atoms with van der Waals surface area (Å²) in [7, 11) is 0. The van der Waals surface area contributed by atoms with Gasteiger partial charge in [0.2, 0.25) is 0 Å². The zero-order valence-electron chi connectivity index (χ0n) is 7.46. The number of alkyl halides is 1. The molecule has 12 heavy (non-hydrogen) atoms. The lowest BCUT2D eigenvalue weighted by molar-refractivity contribution is 0.343. The van der Waals surface area contributed by atoms with Crippen molar-refractivity contribution in [3.8, 4) is 5.75 Å². The predicted molar refractivity (Wildman–Crippen MR) is 54.9 cm³/mol. The molecule has 0 amide bonds. The normalized spacial score (nSPS) is 8.25. The molecule has 1 heterocycles. The highest BCUT2D eigenvalue weighted by Crippen LogP contribution is 2.05. The van der Waals surface area contributed by atoms with Gasteiger partial charge in [0.15, 0.2) is 0 Å². The topological polar surface area (TPSA) is 22.1 Å². The molecule has 0 aliphatic rings. The van der Waals surface area contributed by atoms with Gasteiger partial charge in [-0.05, 0) is 12.1 Å². The number of aromatic nitrogens is 1. The summed E-state index contributed by atoms with van der Waals surface area (Å²) in [5.74, 6) is 0.821. The molecule has 3 heteroatoms. The van der Waals surface area contributed by atoms with Crippen molar-refractivity contribution in [3.63, 3.8) is 0 Å². The van der Waals surface area contributed by atoms with Gasteiger partial charge in [-0.15, -0.1) is 0 Å². The lowest BCUT2D eigenvalue weighted by Gasteiger charge is -2.00. The molecule has 0 radical (unpaired) electrons. The van der Waals surface area contributed by atoms with Gasteiger partial charge < -0.3 is 4.74 Å². The van der Waals surface area contributed by atoms with E-state index in [4.69, 9.17) is 4.74 Å². The van der Waals surface area contributed by atoms with Gasteiger partial charge in [-0.3, -0.25) is 4.98 Å². The quantitative estimate of drug-likeness (QED) is 0.747. The molecule has 0 saturated heterocycles. The smallest absolute Gasteiger partial charge is 0.137 e. The maximum absolute atomic E-state index is 5.25. The molecule has 1 aromatic rings. The maximum Gasteiger partial charge on any atom is 0.137 e. The van der Waals surface area contributed by atoms with Gasteiger partial charge in [0.05, 0.1) is 12.8 Å². The summed E-state index contributed by atoms with van der Waals surface area (Å²) in [6.45, 7) is 4.69. The van der Waals surface area contributed by atoms with Gasteiger partial charge in [-0.2, -0.15) is 0 Å². The molecule has 1 rings (SSSR count). The number of hydrogen-bond acceptors (Lipinski definition) is 2. The third-order valence-electron chi connectivity index (χ3n) is 0.980. The number of ether oxygens (including phenoxy) is 1. The van der Waals surface area contributed by atoms with E-state index in [2.05, 4.69) is 20.9 Å². The highest BCUT2D eigenvalue weighted by atomic mass is 79.9. The lowest BCUT2D eigenvalue weighted by Crippen LogP contribution is -1.97. The minimum absolute atomic E-state index is 0.686. The number of hydrogen-bond donors (Lipinski definition) is 0. The van der Waals surface area contributed by atoms with Crippen molar-refractivity contribution in [1.82, 2.24) is 4.98 Å². The Kier molecular flexibility index (Phi) is 8.12. The van der Waals surface area contributed by atoms with Crippen molar-refractivity contribution >= 4 is 15.9 Å². The van der Waals surface area contributed by atoms with Crippen LogP contribution in [-0.2, 0) is 0 Å². The molecule has 2 nitrogen and oxygen atoms in total. The second-order valence-electron chi connectivity index (χ2n) is 1.73. The average molecular weight is 232 g/mol. The van der Waals surface area contributed by atoms with E-state index < -0.39 is 0 Å². The van der Waals surface area contributed by atoms with Crippen LogP contribution >= 0.6 is 15.9 Å². The van der Waals surface area contributed by atoms with Crippen LogP contribution in [0.5, 0.6) is 5.75 Å². The molecule has 0 aromatic carbocycles. The Labute approximate surface area is 82.1 Å². The minimum atomic E-state index is 0.686. The first kappa shape index (κ1) is 11.4. The minimum Gasteiger partial charge on any atom is -0.491 e. The molecule has 0 atom stereocenters. The Morgan fingerprint density at radius 3 is 2.75 bits per heavy atom. The van der Waals surface area contributed by atoms with E-state index >= 15 is 0 Å². The molecule has 0 N–H and O–H groups in total. The Bertz CT molecular complexity index is 179. The van der Waals surface area contributed by atoms with Crippen LogP contribution < -0.4 is 4.74 Å². The Morgan fingerprint density at radius 1 is 1.50 bits per heavy atom. The standard InChI is InChI=1S/C7H8BrNO.C2H6/c8-3-5-10-7-2-1-4-9-6-7;1-2/h1-2,4,6H,3,5H2;1-2H3. The summed E-state index contributed by atoms with van der Waals surface area (Å²) in [5.41, 5.74) is 0. The van der Waals surface area contributed by atoms with Gasteiger partial charge in [-0.1, -0.05) is 29.8 Å². The lowest BCUT2D eigenvalue weighted by atomic mass is 10.5. The van der Waals surface area contributed by atoms with Crippen molar-refractivity contribution in [2.45, 2.75) is 13.8 Å². The third-order valence-corrected chi connectivity index (χ3v) is 1.30. The zero-order chi connectivity index (χ0) is 9.23. The third kappa shape index (κ3) is 5.13. The highest BCUT2D eigenvalue weighted by molar-refractivity contribution is 9.09. The van der Waals surface area contributed by atoms with E-state index in [-0.39, 0.29) is 0 Å². The molecular weight excluding hydrogens is 218 g/mol. The average Bonchev–Trinajstić information content (AvgIpc) is 2.19. The monoisotopic (exact) mass is 231 g/mol. The molecule has 0 aliphatic heterocycles. The van der Waals surface area contributed by atoms with Gasteiger partial charge in [0, 0.05) is 11.5 Å². The first-order chi connectivity index (χ1) is 5.93. The summed E-state index contributed by atoms with van der Waals surface area (Å²) in [5, 5.41) is 0.849. The molecule has 0 spiro atoms. The predicted octanol–water partition coefficient (Wildman–Crippen LogP) is 2.88. The largest absolute Gasteiger partial charge is 0.491 e. The van der Waals surface area contributed by atoms with Crippen LogP contribution in [0.4, 0.5) is 0 Å². The fourth-order valence-corrected chi connectivity index (χ4v) is 0.751. The van der Waals surface area contributed by atoms with Gasteiger partial charge in [0.1, 0.15) is 5.75 Å². The summed E-state index contributed by atoms with van der Waals surface area (Å²) < 4.78 is 5.25. The molecule has 0 bridgehead atoms. The van der Waals surface area contributed by atoms with E-state index in [1.165, 1.54) is 0 Å². The first-order valence-electron chi connectivity index (χ1n) is 4.02. The van der Waals surface area contributed by atoms with E-state index in [0.717, 1.165) is 11.1 Å². The van der Waals surface area contributed by atoms with Crippen molar-refractivity contribution < 1.29 is 4.74 Å². The van der Waals surface area contributed by atoms with Gasteiger partial charge >= 0.3 is 0 Å². The Balaban J connectivity index is 0.000000561. The first-order valence-corrected chi connectivity index (χ1v) is 5.14. The summed E-state index contributed by atoms with van der Waals surface area (Å²) in [6, 6.07) is 3.74. The second-order valence-corrected chi connectivity index (χ2v) is 2.52. The highest BCUT2D eigenvalue weighted by Gasteiger charge is 1.88. The molecule has 68 valence electrons. The van der Waals surface area contributed by atoms with E-state index in [9.17, 15) is 0 Å². The number of rotatable bonds is 3. The molecule has 0 aliphatic carbocycles. The van der Waals surface area contributed by atoms with Crippen molar-refractivity contribution in [1.29, 1.82) is 0 Å². The molecular formula is C9H14BrNO. The zero-order valence-corrected chi connectivity index (χ0v) is 9.04. The molecule has 1 aromatic heterocycles. The Morgan fingerprint density at radius 2 is 2.25 bits per heavy atom. The van der Waals surface area contributed by atoms with Crippen molar-refractivity contribution in [3.05, 3.63) is 24.5 Å². The van der Waals surface area contributed by atoms with Gasteiger partial charge in [0.25, 0.3) is 0 Å². The van der Waals surface area contributed by atoms with Crippen LogP contribution in [0, 0.1) is 0 Å². The van der Waals surface area contributed by atoms with Crippen LogP contribution in [0.15, 0.2) is 24.5 Å². The van der Waals surface area contributed by atoms with Crippen LogP contribution in [-0.4, -0.2) is 16.9 Å². The van der Waals surface area contributed by atoms with Crippen molar-refractivity contribution in [2.24, 2.45) is 0 Å². The molecule has 0 fully saturated rings. The fourth-order valence-electron chi connectivity index (χ4n) is 0.589. The number of nitrogens with zero attached hydrogens (tertiary/aromatic N) is 1. The van der Waals surface area contributed by atoms with Crippen molar-refractivity contribution in [2.75, 3.05) is 11.9 Å². The number of halogens is 1. The summed E-state index contributed by atoms with van der Waals surface area (Å²) in [6.07, 6.45) is 3.42. The molecule has 0 saturated carbocycles. The second kappa shape index (κ2) is 8.53. The van der Waals surface area contributed by atoms with Crippen LogP contribution in [0.3, 0.4) is 0 Å². The number of pyridine rings is 1. The SMILES string of the molecule is BrCCOc1cccnc1.CC. The summed E-state index contributed by atoms with van der Waals surface area (Å²) >= 11 is 3.26. The van der Waals surface area contributed by atoms with E-state index in [1.807, 2.05) is 26.0 Å². The van der Waals surface area contributed by atoms with Crippen LogP contribution in [0.1, 0.15) is 13.8 Å². The van der Waals surface area contributed by atoms with Gasteiger partial charge in [-0.25, -0.2) is 0 Å². The van der Waals surface area contributed by atoms with Crippen LogP contribution in [0.25, 0.3) is 0 Å². The molecule has 0 unspecified atom stereocenters. The summed E-state index contributed by atoms with van der Waals surface area (Å²) in [4.78, 5) is 3.90. The fraction of sp³-hybridized carbons (Fsp3) is 0.444. The van der Waals surface area contributed by atoms with Crippen LogP contribution in [0.2, 0.25) is 0 Å². The van der Waals surface area contributed by atoms with E-state index in [0.29, 0.717) is 6.61 Å². The maximum atomic E-state index is 5.25.